The van der Waals surface area contributed by atoms with Crippen molar-refractivity contribution in [2.24, 2.45) is 0 Å². The van der Waals surface area contributed by atoms with E-state index in [0.29, 0.717) is 0 Å². The van der Waals surface area contributed by atoms with Crippen molar-refractivity contribution >= 4 is 16.8 Å². The first-order valence-electron chi connectivity index (χ1n) is 20.6. The van der Waals surface area contributed by atoms with Crippen LogP contribution >= 0.6 is 0 Å². The van der Waals surface area contributed by atoms with Gasteiger partial charge in [0.25, 0.3) is 0 Å². The van der Waals surface area contributed by atoms with Crippen molar-refractivity contribution in [3.8, 4) is 33.4 Å². The lowest BCUT2D eigenvalue weighted by Crippen LogP contribution is -2.33. The van der Waals surface area contributed by atoms with Gasteiger partial charge in [-0.1, -0.05) is 184 Å². The molecule has 2 aliphatic carbocycles. The zero-order valence-corrected chi connectivity index (χ0v) is 34.7. The molecule has 2 aliphatic rings. The van der Waals surface area contributed by atoms with Crippen LogP contribution in [0.25, 0.3) is 44.5 Å². The molecular formula is C57H53N. The first-order chi connectivity index (χ1) is 28.2. The maximum Gasteiger partial charge on any atom is 0.0563 e. The van der Waals surface area contributed by atoms with Gasteiger partial charge in [-0.15, -0.1) is 0 Å². The largest absolute Gasteiger partial charge is 0.338 e. The first kappa shape index (κ1) is 38.4. The zero-order valence-electron chi connectivity index (χ0n) is 34.7. The Balaban J connectivity index is 1.14. The SMILES string of the molecule is C\C=C/C=C(C)/C(C)=C/C=C(\C)N(c1ccc(-c2ccccc2)cc1)C1C=CC(c2ccc(-c3ccc4c(c3)C(C)(C)c3ccccc3-4)cc2)=C(c2ccccc2)C1. The van der Waals surface area contributed by atoms with Crippen LogP contribution in [0.2, 0.25) is 0 Å². The van der Waals surface area contributed by atoms with Crippen molar-refractivity contribution in [2.75, 3.05) is 4.90 Å². The summed E-state index contributed by atoms with van der Waals surface area (Å²) in [5.41, 5.74) is 20.5. The van der Waals surface area contributed by atoms with Gasteiger partial charge in [-0.3, -0.25) is 0 Å². The molecule has 0 aromatic heterocycles. The molecule has 286 valence electrons. The van der Waals surface area contributed by atoms with Crippen LogP contribution in [0.5, 0.6) is 0 Å². The van der Waals surface area contributed by atoms with E-state index < -0.39 is 0 Å². The second kappa shape index (κ2) is 16.6. The van der Waals surface area contributed by atoms with Crippen LogP contribution in [0.15, 0.2) is 211 Å². The average molecular weight is 752 g/mol. The maximum absolute atomic E-state index is 2.51. The Labute approximate surface area is 346 Å². The smallest absolute Gasteiger partial charge is 0.0563 e. The molecule has 0 heterocycles. The molecule has 0 amide bonds. The molecule has 0 N–H and O–H groups in total. The van der Waals surface area contributed by atoms with Crippen LogP contribution in [0, 0.1) is 0 Å². The van der Waals surface area contributed by atoms with Crippen LogP contribution in [-0.2, 0) is 5.41 Å². The summed E-state index contributed by atoms with van der Waals surface area (Å²) in [7, 11) is 0. The third-order valence-electron chi connectivity index (χ3n) is 12.2. The fourth-order valence-electron chi connectivity index (χ4n) is 8.71. The fourth-order valence-corrected chi connectivity index (χ4v) is 8.71. The summed E-state index contributed by atoms with van der Waals surface area (Å²) >= 11 is 0. The van der Waals surface area contributed by atoms with Crippen LogP contribution in [-0.4, -0.2) is 6.04 Å². The summed E-state index contributed by atoms with van der Waals surface area (Å²) < 4.78 is 0. The summed E-state index contributed by atoms with van der Waals surface area (Å²) in [6, 6.07) is 55.9. The molecule has 1 atom stereocenters. The van der Waals surface area contributed by atoms with E-state index in [1.807, 2.05) is 0 Å². The molecule has 0 fully saturated rings. The third kappa shape index (κ3) is 7.65. The quantitative estimate of drug-likeness (QED) is 0.126. The zero-order chi connectivity index (χ0) is 40.2. The van der Waals surface area contributed by atoms with Gasteiger partial charge in [0.05, 0.1) is 6.04 Å². The van der Waals surface area contributed by atoms with Gasteiger partial charge >= 0.3 is 0 Å². The molecule has 0 spiro atoms. The van der Waals surface area contributed by atoms with Crippen LogP contribution in [0.3, 0.4) is 0 Å². The van der Waals surface area contributed by atoms with Gasteiger partial charge in [-0.05, 0) is 136 Å². The van der Waals surface area contributed by atoms with Gasteiger partial charge in [-0.25, -0.2) is 0 Å². The number of nitrogens with zero attached hydrogens (tertiary/aromatic N) is 1. The molecule has 0 radical (unpaired) electrons. The van der Waals surface area contributed by atoms with E-state index in [9.17, 15) is 0 Å². The Morgan fingerprint density at radius 1 is 0.552 bits per heavy atom. The predicted octanol–water partition coefficient (Wildman–Crippen LogP) is 15.4. The minimum atomic E-state index is -0.0244. The van der Waals surface area contributed by atoms with Crippen molar-refractivity contribution in [3.05, 3.63) is 233 Å². The summed E-state index contributed by atoms with van der Waals surface area (Å²) in [5, 5.41) is 0. The molecule has 1 nitrogen and oxygen atoms in total. The number of hydrogen-bond acceptors (Lipinski definition) is 1. The molecule has 6 aromatic carbocycles. The highest BCUT2D eigenvalue weighted by Gasteiger charge is 2.35. The molecule has 0 bridgehead atoms. The third-order valence-corrected chi connectivity index (χ3v) is 12.2. The van der Waals surface area contributed by atoms with Crippen LogP contribution in [0.4, 0.5) is 5.69 Å². The summed E-state index contributed by atoms with van der Waals surface area (Å²) in [6.45, 7) is 13.4. The lowest BCUT2D eigenvalue weighted by Gasteiger charge is -2.36. The topological polar surface area (TPSA) is 3.24 Å². The van der Waals surface area contributed by atoms with E-state index in [4.69, 9.17) is 0 Å². The van der Waals surface area contributed by atoms with Gasteiger partial charge in [-0.2, -0.15) is 0 Å². The number of rotatable bonds is 10. The van der Waals surface area contributed by atoms with Gasteiger partial charge < -0.3 is 4.90 Å². The summed E-state index contributed by atoms with van der Waals surface area (Å²) in [5.74, 6) is 0. The molecule has 0 aliphatic heterocycles. The van der Waals surface area contributed by atoms with Crippen LogP contribution in [0.1, 0.15) is 70.2 Å². The monoisotopic (exact) mass is 751 g/mol. The minimum Gasteiger partial charge on any atom is -0.338 e. The van der Waals surface area contributed by atoms with E-state index >= 15 is 0 Å². The van der Waals surface area contributed by atoms with E-state index in [1.165, 1.54) is 89.3 Å². The Morgan fingerprint density at radius 3 is 1.81 bits per heavy atom. The van der Waals surface area contributed by atoms with Gasteiger partial charge in [0.1, 0.15) is 0 Å². The molecular weight excluding hydrogens is 699 g/mol. The molecule has 58 heavy (non-hydrogen) atoms. The standard InChI is InChI=1S/C57H53N/c1-7-8-17-40(2)41(3)24-25-42(4)58(49-33-30-44(31-34-49)43-18-11-9-12-19-43)50-35-37-51(54(39-50)46-20-13-10-14-21-46)47-28-26-45(27-29-47)48-32-36-53-52-22-15-16-23-55(52)57(5,6)56(53)38-48/h7-38,50H,39H2,1-6H3/b8-7-,40-17+,41-24+,42-25+. The molecule has 6 aromatic rings. The molecule has 1 heteroatoms. The number of allylic oxidation sites excluding steroid dienone is 10. The number of anilines is 1. The number of fused-ring (bicyclic) bond motifs is 3. The van der Waals surface area contributed by atoms with Crippen molar-refractivity contribution in [1.82, 2.24) is 0 Å². The molecule has 8 rings (SSSR count). The highest BCUT2D eigenvalue weighted by atomic mass is 15.2. The van der Waals surface area contributed by atoms with Gasteiger partial charge in [0, 0.05) is 16.8 Å². The summed E-state index contributed by atoms with van der Waals surface area (Å²) in [6.07, 6.45) is 16.5. The normalized spacial score (nSPS) is 16.4. The predicted molar refractivity (Wildman–Crippen MR) is 251 cm³/mol. The highest BCUT2D eigenvalue weighted by molar-refractivity contribution is 5.97. The molecule has 1 unspecified atom stereocenters. The van der Waals surface area contributed by atoms with E-state index in [1.54, 1.807) is 0 Å². The average Bonchev–Trinajstić information content (AvgIpc) is 3.50. The van der Waals surface area contributed by atoms with E-state index in [2.05, 4.69) is 241 Å². The molecule has 0 saturated heterocycles. The lowest BCUT2D eigenvalue weighted by molar-refractivity contribution is 0.660. The van der Waals surface area contributed by atoms with Crippen molar-refractivity contribution in [2.45, 2.75) is 59.4 Å². The maximum atomic E-state index is 2.51. The van der Waals surface area contributed by atoms with E-state index in [-0.39, 0.29) is 11.5 Å². The highest BCUT2D eigenvalue weighted by Crippen LogP contribution is 2.49. The first-order valence-corrected chi connectivity index (χ1v) is 20.6. The lowest BCUT2D eigenvalue weighted by atomic mass is 9.81. The number of hydrogen-bond donors (Lipinski definition) is 0. The van der Waals surface area contributed by atoms with Gasteiger partial charge in [0.2, 0.25) is 0 Å². The Bertz CT molecular complexity index is 2610. The Morgan fingerprint density at radius 2 is 1.10 bits per heavy atom. The second-order valence-corrected chi connectivity index (χ2v) is 16.2. The van der Waals surface area contributed by atoms with Crippen LogP contribution < -0.4 is 4.90 Å². The Hall–Kier alpha value is -6.44. The summed E-state index contributed by atoms with van der Waals surface area (Å²) in [4.78, 5) is 2.51. The number of benzene rings is 6. The van der Waals surface area contributed by atoms with Gasteiger partial charge in [0.15, 0.2) is 0 Å². The van der Waals surface area contributed by atoms with Crippen molar-refractivity contribution in [3.63, 3.8) is 0 Å². The Kier molecular flexibility index (Phi) is 11.0. The second-order valence-electron chi connectivity index (χ2n) is 16.2. The molecule has 0 saturated carbocycles. The van der Waals surface area contributed by atoms with Crippen molar-refractivity contribution < 1.29 is 0 Å². The van der Waals surface area contributed by atoms with E-state index in [0.717, 1.165) is 6.42 Å². The van der Waals surface area contributed by atoms with Crippen molar-refractivity contribution in [1.29, 1.82) is 0 Å². The fraction of sp³-hybridized carbons (Fsp3) is 0.158. The minimum absolute atomic E-state index is 0.0244.